The zero-order valence-electron chi connectivity index (χ0n) is 5.76. The normalized spacial score (nSPS) is 8.90. The minimum absolute atomic E-state index is 0.0427. The maximum atomic E-state index is 4.22. The number of pyridine rings is 1. The SMILES string of the molecule is [Br][Mg][CH2]Cc1ccccn1. The molecule has 1 heterocycles. The number of nitrogens with zero attached hydrogens (tertiary/aromatic N) is 1. The Bertz CT molecular complexity index is 178. The van der Waals surface area contributed by atoms with Crippen molar-refractivity contribution in [1.82, 2.24) is 4.98 Å². The second-order valence-corrected chi connectivity index (χ2v) is 5.58. The van der Waals surface area contributed by atoms with Crippen molar-refractivity contribution in [2.75, 3.05) is 0 Å². The summed E-state index contributed by atoms with van der Waals surface area (Å²) < 4.78 is 1.30. The maximum Gasteiger partial charge on any atom is 0.469 e. The number of hydrogen-bond acceptors (Lipinski definition) is 1. The zero-order chi connectivity index (χ0) is 7.23. The van der Waals surface area contributed by atoms with Crippen molar-refractivity contribution in [2.24, 2.45) is 0 Å². The van der Waals surface area contributed by atoms with Gasteiger partial charge in [-0.2, -0.15) is 0 Å². The largest absolute Gasteiger partial charge is 0.469 e. The van der Waals surface area contributed by atoms with E-state index in [0.29, 0.717) is 0 Å². The molecule has 0 aliphatic heterocycles. The van der Waals surface area contributed by atoms with Crippen molar-refractivity contribution in [3.05, 3.63) is 30.1 Å². The van der Waals surface area contributed by atoms with Crippen LogP contribution in [-0.2, 0) is 6.42 Å². The van der Waals surface area contributed by atoms with Crippen LogP contribution in [0.25, 0.3) is 0 Å². The van der Waals surface area contributed by atoms with E-state index < -0.39 is 0 Å². The highest BCUT2D eigenvalue weighted by Gasteiger charge is 1.92. The van der Waals surface area contributed by atoms with E-state index in [2.05, 4.69) is 23.9 Å². The highest BCUT2D eigenvalue weighted by molar-refractivity contribution is 9.23. The molecule has 50 valence electrons. The summed E-state index contributed by atoms with van der Waals surface area (Å²) in [6.07, 6.45) is 2.99. The predicted molar refractivity (Wildman–Crippen MR) is 47.4 cm³/mol. The Labute approximate surface area is 76.8 Å². The van der Waals surface area contributed by atoms with Crippen molar-refractivity contribution >= 4 is 31.1 Å². The van der Waals surface area contributed by atoms with E-state index in [1.165, 1.54) is 10.2 Å². The van der Waals surface area contributed by atoms with Crippen molar-refractivity contribution in [1.29, 1.82) is 0 Å². The Balaban J connectivity index is 2.43. The van der Waals surface area contributed by atoms with Gasteiger partial charge in [-0.05, 0) is 18.6 Å². The molecule has 0 saturated carbocycles. The van der Waals surface area contributed by atoms with Crippen molar-refractivity contribution < 1.29 is 0 Å². The zero-order valence-corrected chi connectivity index (χ0v) is 8.76. The molecule has 0 fully saturated rings. The Hall–Kier alpha value is 0.396. The summed E-state index contributed by atoms with van der Waals surface area (Å²) in [5, 5.41) is 0. The van der Waals surface area contributed by atoms with Gasteiger partial charge in [0, 0.05) is 11.9 Å². The molecular formula is C7H8BrMgN. The molecule has 0 amide bonds. The molecule has 3 heteroatoms. The van der Waals surface area contributed by atoms with Gasteiger partial charge in [-0.1, -0.05) is 6.07 Å². The van der Waals surface area contributed by atoms with Crippen LogP contribution in [0.5, 0.6) is 0 Å². The first-order chi connectivity index (χ1) is 4.93. The lowest BCUT2D eigenvalue weighted by Crippen LogP contribution is -1.88. The molecule has 1 rings (SSSR count). The van der Waals surface area contributed by atoms with Gasteiger partial charge in [-0.15, -0.1) is 4.55 Å². The highest BCUT2D eigenvalue weighted by Crippen LogP contribution is 1.98. The number of hydrogen-bond donors (Lipinski definition) is 0. The van der Waals surface area contributed by atoms with E-state index in [0.717, 1.165) is 6.42 Å². The van der Waals surface area contributed by atoms with Crippen molar-refractivity contribution in [2.45, 2.75) is 11.0 Å². The Morgan fingerprint density at radius 2 is 2.40 bits per heavy atom. The molecule has 0 unspecified atom stereocenters. The summed E-state index contributed by atoms with van der Waals surface area (Å²) in [5.41, 5.74) is 1.22. The standard InChI is InChI=1S/C7H8N.BrH.Mg/c1-2-7-5-3-4-6-8-7;;/h3-6H,1-2H2;1H;/q;;+1/p-1. The smallest absolute Gasteiger partial charge is 0.307 e. The molecule has 0 saturated heterocycles. The summed E-state index contributed by atoms with van der Waals surface area (Å²) in [6.45, 7) is 0. The first-order valence-corrected chi connectivity index (χ1v) is 8.29. The molecule has 0 aliphatic rings. The third-order valence-corrected chi connectivity index (χ3v) is 3.60. The molecule has 0 N–H and O–H groups in total. The number of halogens is 1. The second kappa shape index (κ2) is 5.10. The molecule has 1 aromatic heterocycles. The Morgan fingerprint density at radius 3 is 3.00 bits per heavy atom. The van der Waals surface area contributed by atoms with Crippen molar-refractivity contribution in [3.8, 4) is 0 Å². The molecule has 0 aliphatic carbocycles. The maximum absolute atomic E-state index is 4.22. The fourth-order valence-corrected chi connectivity index (χ4v) is 2.13. The van der Waals surface area contributed by atoms with Crippen LogP contribution in [0.1, 0.15) is 5.69 Å². The number of aromatic nitrogens is 1. The molecular weight excluding hydrogens is 202 g/mol. The number of rotatable bonds is 3. The summed E-state index contributed by atoms with van der Waals surface area (Å²) in [5.74, 6) is 0. The van der Waals surface area contributed by atoms with Gasteiger partial charge in [-0.3, -0.25) is 4.98 Å². The van der Waals surface area contributed by atoms with Gasteiger partial charge < -0.3 is 12.9 Å². The van der Waals surface area contributed by atoms with Gasteiger partial charge >= 0.3 is 18.2 Å². The molecule has 0 atom stereocenters. The average molecular weight is 210 g/mol. The third-order valence-electron chi connectivity index (χ3n) is 1.29. The van der Waals surface area contributed by atoms with Gasteiger partial charge in [0.2, 0.25) is 0 Å². The van der Waals surface area contributed by atoms with Gasteiger partial charge in [0.25, 0.3) is 0 Å². The van der Waals surface area contributed by atoms with E-state index in [4.69, 9.17) is 0 Å². The van der Waals surface area contributed by atoms with Crippen LogP contribution in [0.4, 0.5) is 0 Å². The third kappa shape index (κ3) is 2.99. The van der Waals surface area contributed by atoms with E-state index >= 15 is 0 Å². The van der Waals surface area contributed by atoms with Crippen LogP contribution in [0.3, 0.4) is 0 Å². The van der Waals surface area contributed by atoms with E-state index in [9.17, 15) is 0 Å². The van der Waals surface area contributed by atoms with Gasteiger partial charge in [-0.25, -0.2) is 0 Å². The summed E-state index contributed by atoms with van der Waals surface area (Å²) >= 11 is 3.56. The predicted octanol–water partition coefficient (Wildman–Crippen LogP) is 2.06. The lowest BCUT2D eigenvalue weighted by atomic mass is 10.3. The van der Waals surface area contributed by atoms with Crippen LogP contribution >= 0.6 is 12.9 Å². The monoisotopic (exact) mass is 209 g/mol. The fourth-order valence-electron chi connectivity index (χ4n) is 0.794. The Kier molecular flexibility index (Phi) is 4.33. The lowest BCUT2D eigenvalue weighted by Gasteiger charge is -1.94. The minimum atomic E-state index is 0.0427. The fraction of sp³-hybridized carbons (Fsp3) is 0.286. The molecule has 0 radical (unpaired) electrons. The van der Waals surface area contributed by atoms with Crippen LogP contribution in [0.15, 0.2) is 24.4 Å². The van der Waals surface area contributed by atoms with E-state index in [1.54, 1.807) is 0 Å². The average Bonchev–Trinajstić information content (AvgIpc) is 2.03. The molecule has 0 aromatic carbocycles. The summed E-state index contributed by atoms with van der Waals surface area (Å²) in [6, 6.07) is 6.07. The minimum Gasteiger partial charge on any atom is -0.307 e. The lowest BCUT2D eigenvalue weighted by molar-refractivity contribution is 1.03. The quantitative estimate of drug-likeness (QED) is 0.696. The van der Waals surface area contributed by atoms with Crippen LogP contribution in [0, 0.1) is 0 Å². The molecule has 1 aromatic rings. The number of aryl methyl sites for hydroxylation is 1. The summed E-state index contributed by atoms with van der Waals surface area (Å²) in [4.78, 5) is 4.22. The Morgan fingerprint density at radius 1 is 1.50 bits per heavy atom. The first-order valence-electron chi connectivity index (χ1n) is 3.39. The van der Waals surface area contributed by atoms with Crippen LogP contribution in [-0.4, -0.2) is 23.2 Å². The van der Waals surface area contributed by atoms with Gasteiger partial charge in [0.05, 0.1) is 0 Å². The van der Waals surface area contributed by atoms with Crippen molar-refractivity contribution in [3.63, 3.8) is 0 Å². The second-order valence-electron chi connectivity index (χ2n) is 2.11. The van der Waals surface area contributed by atoms with Crippen LogP contribution in [0.2, 0.25) is 4.55 Å². The first kappa shape index (κ1) is 8.49. The summed E-state index contributed by atoms with van der Waals surface area (Å²) in [7, 11) is 0. The van der Waals surface area contributed by atoms with E-state index in [1.807, 2.05) is 18.3 Å². The molecule has 1 nitrogen and oxygen atoms in total. The molecule has 0 bridgehead atoms. The van der Waals surface area contributed by atoms with Gasteiger partial charge in [0.1, 0.15) is 0 Å². The van der Waals surface area contributed by atoms with E-state index in [-0.39, 0.29) is 18.2 Å². The molecule has 0 spiro atoms. The van der Waals surface area contributed by atoms with Crippen LogP contribution < -0.4 is 0 Å². The molecule has 10 heavy (non-hydrogen) atoms. The topological polar surface area (TPSA) is 12.9 Å². The highest BCUT2D eigenvalue weighted by atomic mass is 79.9. The van der Waals surface area contributed by atoms with Gasteiger partial charge in [0.15, 0.2) is 0 Å².